The van der Waals surface area contributed by atoms with Gasteiger partial charge in [0.05, 0.1) is 15.6 Å². The molecule has 0 aliphatic rings. The lowest BCUT2D eigenvalue weighted by molar-refractivity contribution is 0.0697. The largest absolute Gasteiger partial charge is 0.478 e. The number of aromatic carboxylic acids is 1. The van der Waals surface area contributed by atoms with Crippen LogP contribution in [0.4, 0.5) is 5.13 Å². The van der Waals surface area contributed by atoms with Crippen LogP contribution >= 0.6 is 34.5 Å². The first kappa shape index (κ1) is 15.0. The Kier molecular flexibility index (Phi) is 4.14. The van der Waals surface area contributed by atoms with Crippen molar-refractivity contribution in [2.24, 2.45) is 0 Å². The first-order chi connectivity index (χ1) is 9.33. The van der Waals surface area contributed by atoms with E-state index in [1.807, 2.05) is 0 Å². The molecule has 2 N–H and O–H groups in total. The van der Waals surface area contributed by atoms with E-state index in [9.17, 15) is 13.2 Å². The van der Waals surface area contributed by atoms with E-state index in [1.165, 1.54) is 5.51 Å². The number of sulfonamides is 1. The molecule has 0 amide bonds. The molecular formula is C9H5Cl2N3O4S2. The molecule has 0 aliphatic heterocycles. The summed E-state index contributed by atoms with van der Waals surface area (Å²) in [4.78, 5) is 10.6. The van der Waals surface area contributed by atoms with Crippen molar-refractivity contribution in [3.8, 4) is 0 Å². The Morgan fingerprint density at radius 2 is 2.05 bits per heavy atom. The second kappa shape index (κ2) is 5.52. The number of nitrogens with one attached hydrogen (secondary N) is 1. The summed E-state index contributed by atoms with van der Waals surface area (Å²) in [5, 5.41) is 15.4. The van der Waals surface area contributed by atoms with E-state index in [2.05, 4.69) is 14.9 Å². The van der Waals surface area contributed by atoms with Crippen molar-refractivity contribution in [2.75, 3.05) is 4.72 Å². The number of anilines is 1. The van der Waals surface area contributed by atoms with Gasteiger partial charge in [0.1, 0.15) is 10.4 Å². The number of carbonyl (C=O) groups is 1. The van der Waals surface area contributed by atoms with Gasteiger partial charge in [0.25, 0.3) is 10.0 Å². The van der Waals surface area contributed by atoms with E-state index < -0.39 is 31.5 Å². The highest BCUT2D eigenvalue weighted by Gasteiger charge is 2.25. The predicted molar refractivity (Wildman–Crippen MR) is 74.1 cm³/mol. The monoisotopic (exact) mass is 353 g/mol. The molecule has 0 aliphatic carbocycles. The molecule has 0 saturated heterocycles. The lowest BCUT2D eigenvalue weighted by Gasteiger charge is -2.09. The van der Waals surface area contributed by atoms with E-state index in [-0.39, 0.29) is 10.2 Å². The zero-order valence-corrected chi connectivity index (χ0v) is 12.5. The Morgan fingerprint density at radius 1 is 1.35 bits per heavy atom. The number of hydrogen-bond acceptors (Lipinski definition) is 6. The number of nitrogens with zero attached hydrogens (tertiary/aromatic N) is 2. The number of carboxylic acids is 1. The number of carboxylic acid groups (broad SMARTS) is 1. The molecule has 1 aromatic heterocycles. The number of halogens is 2. The summed E-state index contributed by atoms with van der Waals surface area (Å²) in [6, 6.07) is 2.26. The van der Waals surface area contributed by atoms with Crippen LogP contribution in [0, 0.1) is 0 Å². The smallest absolute Gasteiger partial charge is 0.338 e. The molecular weight excluding hydrogens is 349 g/mol. The second-order valence-corrected chi connectivity index (χ2v) is 6.66. The zero-order valence-electron chi connectivity index (χ0n) is 9.37. The topological polar surface area (TPSA) is 109 Å². The predicted octanol–water partition coefficient (Wildman–Crippen LogP) is 2.34. The zero-order chi connectivity index (χ0) is 14.9. The first-order valence-corrected chi connectivity index (χ1v) is 7.95. The molecule has 0 saturated carbocycles. The lowest BCUT2D eigenvalue weighted by atomic mass is 10.2. The summed E-state index contributed by atoms with van der Waals surface area (Å²) in [6.07, 6.45) is 0. The van der Waals surface area contributed by atoms with Gasteiger partial charge >= 0.3 is 5.97 Å². The summed E-state index contributed by atoms with van der Waals surface area (Å²) < 4.78 is 26.4. The van der Waals surface area contributed by atoms with E-state index in [0.29, 0.717) is 0 Å². The van der Waals surface area contributed by atoms with Crippen LogP contribution in [0.1, 0.15) is 10.4 Å². The Balaban J connectivity index is 2.53. The van der Waals surface area contributed by atoms with E-state index >= 15 is 0 Å². The van der Waals surface area contributed by atoms with Gasteiger partial charge in [0.15, 0.2) is 0 Å². The molecule has 106 valence electrons. The average Bonchev–Trinajstić information content (AvgIpc) is 2.79. The Hall–Kier alpha value is -1.42. The van der Waals surface area contributed by atoms with Gasteiger partial charge in [-0.05, 0) is 12.1 Å². The van der Waals surface area contributed by atoms with Gasteiger partial charge in [-0.3, -0.25) is 4.72 Å². The van der Waals surface area contributed by atoms with Gasteiger partial charge in [0.2, 0.25) is 5.13 Å². The quantitative estimate of drug-likeness (QED) is 0.872. The Morgan fingerprint density at radius 3 is 2.60 bits per heavy atom. The van der Waals surface area contributed by atoms with Gasteiger partial charge in [0, 0.05) is 0 Å². The van der Waals surface area contributed by atoms with Crippen LogP contribution < -0.4 is 4.72 Å². The third-order valence-electron chi connectivity index (χ3n) is 2.14. The Bertz CT molecular complexity index is 762. The third kappa shape index (κ3) is 2.85. The van der Waals surface area contributed by atoms with E-state index in [4.69, 9.17) is 28.3 Å². The molecule has 0 radical (unpaired) electrons. The fourth-order valence-corrected chi connectivity index (χ4v) is 3.94. The molecule has 0 unspecified atom stereocenters. The number of hydrogen-bond donors (Lipinski definition) is 2. The standard InChI is InChI=1S/C9H5Cl2N3O4S2/c10-4-1-2-5(7(11)6(4)8(15)16)20(17,18)14-9-13-12-3-19-9/h1-3H,(H,13,14)(H,15,16). The highest BCUT2D eigenvalue weighted by atomic mass is 35.5. The van der Waals surface area contributed by atoms with Crippen molar-refractivity contribution in [3.05, 3.63) is 33.3 Å². The summed E-state index contributed by atoms with van der Waals surface area (Å²) >= 11 is 12.5. The fraction of sp³-hybridized carbons (Fsp3) is 0. The van der Waals surface area contributed by atoms with Crippen LogP contribution in [0.5, 0.6) is 0 Å². The van der Waals surface area contributed by atoms with Crippen LogP contribution in [-0.2, 0) is 10.0 Å². The minimum absolute atomic E-state index is 0.0351. The van der Waals surface area contributed by atoms with E-state index in [1.54, 1.807) is 0 Å². The number of aromatic nitrogens is 2. The summed E-state index contributed by atoms with van der Waals surface area (Å²) in [5.74, 6) is -1.42. The fourth-order valence-electron chi connectivity index (χ4n) is 1.32. The van der Waals surface area contributed by atoms with Crippen LogP contribution in [0.25, 0.3) is 0 Å². The van der Waals surface area contributed by atoms with Crippen LogP contribution in [0.3, 0.4) is 0 Å². The molecule has 0 atom stereocenters. The van der Waals surface area contributed by atoms with Crippen LogP contribution in [0.2, 0.25) is 10.0 Å². The maximum Gasteiger partial charge on any atom is 0.338 e. The second-order valence-electron chi connectivity index (χ2n) is 3.39. The highest BCUT2D eigenvalue weighted by molar-refractivity contribution is 7.93. The van der Waals surface area contributed by atoms with Gasteiger partial charge < -0.3 is 5.11 Å². The molecule has 1 aromatic carbocycles. The van der Waals surface area contributed by atoms with Crippen molar-refractivity contribution >= 4 is 55.7 Å². The molecule has 0 fully saturated rings. The number of benzene rings is 1. The molecule has 0 spiro atoms. The minimum atomic E-state index is -4.08. The molecule has 0 bridgehead atoms. The molecule has 2 rings (SSSR count). The van der Waals surface area contributed by atoms with Crippen molar-refractivity contribution in [2.45, 2.75) is 4.90 Å². The maximum atomic E-state index is 12.1. The molecule has 7 nitrogen and oxygen atoms in total. The van der Waals surface area contributed by atoms with Gasteiger partial charge in [-0.25, -0.2) is 13.2 Å². The van der Waals surface area contributed by atoms with Gasteiger partial charge in [-0.15, -0.1) is 10.2 Å². The summed E-state index contributed by atoms with van der Waals surface area (Å²) in [5.41, 5.74) is 0.859. The molecule has 2 aromatic rings. The summed E-state index contributed by atoms with van der Waals surface area (Å²) in [7, 11) is -4.08. The summed E-state index contributed by atoms with van der Waals surface area (Å²) in [6.45, 7) is 0. The Labute approximate surface area is 127 Å². The molecule has 20 heavy (non-hydrogen) atoms. The van der Waals surface area contributed by atoms with Gasteiger partial charge in [-0.2, -0.15) is 0 Å². The van der Waals surface area contributed by atoms with Crippen molar-refractivity contribution in [1.29, 1.82) is 0 Å². The van der Waals surface area contributed by atoms with Crippen molar-refractivity contribution < 1.29 is 18.3 Å². The normalized spacial score (nSPS) is 11.3. The van der Waals surface area contributed by atoms with E-state index in [0.717, 1.165) is 23.5 Å². The maximum absolute atomic E-state index is 12.1. The number of rotatable bonds is 4. The van der Waals surface area contributed by atoms with Crippen LogP contribution in [-0.4, -0.2) is 29.7 Å². The SMILES string of the molecule is O=C(O)c1c(Cl)ccc(S(=O)(=O)Nc2nncs2)c1Cl. The van der Waals surface area contributed by atoms with Gasteiger partial charge in [-0.1, -0.05) is 34.5 Å². The molecule has 1 heterocycles. The average molecular weight is 354 g/mol. The highest BCUT2D eigenvalue weighted by Crippen LogP contribution is 2.32. The minimum Gasteiger partial charge on any atom is -0.478 e. The van der Waals surface area contributed by atoms with Crippen LogP contribution in [0.15, 0.2) is 22.5 Å². The lowest BCUT2D eigenvalue weighted by Crippen LogP contribution is -2.15. The van der Waals surface area contributed by atoms with Crippen molar-refractivity contribution in [1.82, 2.24) is 10.2 Å². The molecule has 11 heteroatoms. The van der Waals surface area contributed by atoms with Crippen molar-refractivity contribution in [3.63, 3.8) is 0 Å². The third-order valence-corrected chi connectivity index (χ3v) is 5.08. The first-order valence-electron chi connectivity index (χ1n) is 4.83.